The highest BCUT2D eigenvalue weighted by molar-refractivity contribution is 5.79. The van der Waals surface area contributed by atoms with Crippen LogP contribution in [0, 0.1) is 12.8 Å². The zero-order valence-corrected chi connectivity index (χ0v) is 16.9. The highest BCUT2D eigenvalue weighted by Crippen LogP contribution is 2.23. The molecule has 1 aromatic carbocycles. The van der Waals surface area contributed by atoms with Gasteiger partial charge in [-0.3, -0.25) is 4.79 Å². The number of ether oxygens (including phenoxy) is 1. The first kappa shape index (κ1) is 19.6. The number of anilines is 3. The van der Waals surface area contributed by atoms with Crippen molar-refractivity contribution in [3.63, 3.8) is 0 Å². The summed E-state index contributed by atoms with van der Waals surface area (Å²) in [6, 6.07) is 10.1. The molecule has 154 valence electrons. The molecule has 0 saturated carbocycles. The molecule has 29 heavy (non-hydrogen) atoms. The predicted octanol–water partition coefficient (Wildman–Crippen LogP) is 3.04. The van der Waals surface area contributed by atoms with Gasteiger partial charge in [0.15, 0.2) is 0 Å². The maximum atomic E-state index is 12.5. The summed E-state index contributed by atoms with van der Waals surface area (Å²) >= 11 is 0. The van der Waals surface area contributed by atoms with E-state index >= 15 is 0 Å². The van der Waals surface area contributed by atoms with Gasteiger partial charge in [-0.25, -0.2) is 4.98 Å². The minimum Gasteiger partial charge on any atom is -0.376 e. The number of benzene rings is 1. The Labute approximate surface area is 171 Å². The van der Waals surface area contributed by atoms with E-state index in [0.717, 1.165) is 56.9 Å². The van der Waals surface area contributed by atoms with Crippen molar-refractivity contribution in [2.24, 2.45) is 5.92 Å². The van der Waals surface area contributed by atoms with Crippen LogP contribution in [0.1, 0.15) is 31.2 Å². The summed E-state index contributed by atoms with van der Waals surface area (Å²) in [6.07, 6.45) is 5.74. The Hall–Kier alpha value is -2.67. The van der Waals surface area contributed by atoms with Crippen molar-refractivity contribution < 1.29 is 9.53 Å². The Kier molecular flexibility index (Phi) is 6.24. The number of rotatable bonds is 6. The molecule has 2 aromatic rings. The summed E-state index contributed by atoms with van der Waals surface area (Å²) in [5.74, 6) is 1.69. The summed E-state index contributed by atoms with van der Waals surface area (Å²) in [5.41, 5.74) is 2.23. The van der Waals surface area contributed by atoms with Gasteiger partial charge in [-0.05, 0) is 50.8 Å². The number of aromatic nitrogens is 2. The van der Waals surface area contributed by atoms with Gasteiger partial charge in [0.05, 0.1) is 6.10 Å². The molecule has 1 aromatic heterocycles. The number of piperidine rings is 1. The minimum atomic E-state index is 0.0570. The highest BCUT2D eigenvalue weighted by Gasteiger charge is 2.27. The highest BCUT2D eigenvalue weighted by atomic mass is 16.5. The fraction of sp³-hybridized carbons (Fsp3) is 0.500. The number of amides is 1. The molecular formula is C22H29N5O2. The van der Waals surface area contributed by atoms with Crippen LogP contribution in [0.15, 0.2) is 36.5 Å². The Balaban J connectivity index is 1.29. The quantitative estimate of drug-likeness (QED) is 0.783. The fourth-order valence-electron chi connectivity index (χ4n) is 3.86. The molecule has 3 heterocycles. The zero-order valence-electron chi connectivity index (χ0n) is 16.9. The Bertz CT molecular complexity index is 812. The Morgan fingerprint density at radius 2 is 1.97 bits per heavy atom. The molecule has 2 fully saturated rings. The van der Waals surface area contributed by atoms with Crippen LogP contribution in [0.25, 0.3) is 0 Å². The lowest BCUT2D eigenvalue weighted by atomic mass is 9.96. The second-order valence-corrected chi connectivity index (χ2v) is 7.87. The SMILES string of the molecule is Cc1ccc(Nc2ccnc(N3CCC(C(=O)NCC4CCCO4)CC3)n2)cc1. The maximum Gasteiger partial charge on any atom is 0.227 e. The first-order valence-electron chi connectivity index (χ1n) is 10.5. The maximum absolute atomic E-state index is 12.5. The summed E-state index contributed by atoms with van der Waals surface area (Å²) in [4.78, 5) is 23.7. The van der Waals surface area contributed by atoms with Crippen LogP contribution < -0.4 is 15.5 Å². The lowest BCUT2D eigenvalue weighted by Gasteiger charge is -2.31. The van der Waals surface area contributed by atoms with Gasteiger partial charge < -0.3 is 20.3 Å². The van der Waals surface area contributed by atoms with Crippen molar-refractivity contribution in [1.82, 2.24) is 15.3 Å². The molecular weight excluding hydrogens is 366 g/mol. The number of aryl methyl sites for hydroxylation is 1. The second kappa shape index (κ2) is 9.22. The number of nitrogens with one attached hydrogen (secondary N) is 2. The molecule has 0 radical (unpaired) electrons. The first-order valence-corrected chi connectivity index (χ1v) is 10.5. The van der Waals surface area contributed by atoms with E-state index < -0.39 is 0 Å². The molecule has 4 rings (SSSR count). The third-order valence-electron chi connectivity index (χ3n) is 5.64. The van der Waals surface area contributed by atoms with Crippen molar-refractivity contribution in [3.8, 4) is 0 Å². The van der Waals surface area contributed by atoms with E-state index in [-0.39, 0.29) is 17.9 Å². The van der Waals surface area contributed by atoms with E-state index in [9.17, 15) is 4.79 Å². The minimum absolute atomic E-state index is 0.0570. The largest absolute Gasteiger partial charge is 0.376 e. The average molecular weight is 396 g/mol. The van der Waals surface area contributed by atoms with E-state index in [0.29, 0.717) is 12.5 Å². The van der Waals surface area contributed by atoms with E-state index in [1.807, 2.05) is 18.2 Å². The smallest absolute Gasteiger partial charge is 0.227 e. The molecule has 0 bridgehead atoms. The first-order chi connectivity index (χ1) is 14.2. The molecule has 7 nitrogen and oxygen atoms in total. The molecule has 1 unspecified atom stereocenters. The molecule has 1 amide bonds. The Morgan fingerprint density at radius 3 is 2.69 bits per heavy atom. The van der Waals surface area contributed by atoms with Crippen LogP contribution in [-0.2, 0) is 9.53 Å². The molecule has 2 N–H and O–H groups in total. The Morgan fingerprint density at radius 1 is 1.17 bits per heavy atom. The lowest BCUT2D eigenvalue weighted by Crippen LogP contribution is -2.42. The van der Waals surface area contributed by atoms with Crippen molar-refractivity contribution in [1.29, 1.82) is 0 Å². The van der Waals surface area contributed by atoms with Gasteiger partial charge in [0.2, 0.25) is 11.9 Å². The van der Waals surface area contributed by atoms with Gasteiger partial charge in [0.25, 0.3) is 0 Å². The molecule has 2 saturated heterocycles. The number of carbonyl (C=O) groups excluding carboxylic acids is 1. The van der Waals surface area contributed by atoms with Crippen LogP contribution in [0.5, 0.6) is 0 Å². The molecule has 0 aliphatic carbocycles. The summed E-state index contributed by atoms with van der Waals surface area (Å²) < 4.78 is 5.58. The van der Waals surface area contributed by atoms with Crippen molar-refractivity contribution in [2.45, 2.75) is 38.7 Å². The van der Waals surface area contributed by atoms with Gasteiger partial charge >= 0.3 is 0 Å². The third kappa shape index (κ3) is 5.23. The fourth-order valence-corrected chi connectivity index (χ4v) is 3.86. The molecule has 7 heteroatoms. The topological polar surface area (TPSA) is 79.4 Å². The van der Waals surface area contributed by atoms with E-state index in [2.05, 4.69) is 44.6 Å². The summed E-state index contributed by atoms with van der Waals surface area (Å²) in [6.45, 7) is 5.09. The number of hydrogen-bond acceptors (Lipinski definition) is 6. The predicted molar refractivity (Wildman–Crippen MR) is 113 cm³/mol. The monoisotopic (exact) mass is 395 g/mol. The summed E-state index contributed by atoms with van der Waals surface area (Å²) in [7, 11) is 0. The van der Waals surface area contributed by atoms with E-state index in [1.165, 1.54) is 5.56 Å². The van der Waals surface area contributed by atoms with Crippen LogP contribution >= 0.6 is 0 Å². The zero-order chi connectivity index (χ0) is 20.1. The molecule has 2 aliphatic heterocycles. The second-order valence-electron chi connectivity index (χ2n) is 7.87. The standard InChI is InChI=1S/C22H29N5O2/c1-16-4-6-18(7-5-16)25-20-8-11-23-22(26-20)27-12-9-17(10-13-27)21(28)24-15-19-3-2-14-29-19/h4-8,11,17,19H,2-3,9-10,12-15H2,1H3,(H,24,28)(H,23,25,26). The van der Waals surface area contributed by atoms with Gasteiger partial charge in [-0.15, -0.1) is 0 Å². The van der Waals surface area contributed by atoms with Crippen molar-refractivity contribution in [2.75, 3.05) is 36.5 Å². The van der Waals surface area contributed by atoms with Crippen LogP contribution in [0.2, 0.25) is 0 Å². The van der Waals surface area contributed by atoms with Gasteiger partial charge in [-0.2, -0.15) is 4.98 Å². The van der Waals surface area contributed by atoms with Crippen molar-refractivity contribution >= 4 is 23.4 Å². The van der Waals surface area contributed by atoms with Crippen LogP contribution in [0.3, 0.4) is 0 Å². The van der Waals surface area contributed by atoms with Crippen LogP contribution in [-0.4, -0.2) is 48.2 Å². The third-order valence-corrected chi connectivity index (χ3v) is 5.64. The number of nitrogens with zero attached hydrogens (tertiary/aromatic N) is 3. The number of carbonyl (C=O) groups is 1. The molecule has 1 atom stereocenters. The van der Waals surface area contributed by atoms with E-state index in [4.69, 9.17) is 4.74 Å². The van der Waals surface area contributed by atoms with Crippen LogP contribution in [0.4, 0.5) is 17.5 Å². The summed E-state index contributed by atoms with van der Waals surface area (Å²) in [5, 5.41) is 6.39. The van der Waals surface area contributed by atoms with Gasteiger partial charge in [0.1, 0.15) is 5.82 Å². The van der Waals surface area contributed by atoms with E-state index in [1.54, 1.807) is 6.20 Å². The van der Waals surface area contributed by atoms with Gasteiger partial charge in [-0.1, -0.05) is 17.7 Å². The molecule has 0 spiro atoms. The lowest BCUT2D eigenvalue weighted by molar-refractivity contribution is -0.126. The number of hydrogen-bond donors (Lipinski definition) is 2. The molecule has 2 aliphatic rings. The van der Waals surface area contributed by atoms with Gasteiger partial charge in [0, 0.05) is 44.0 Å². The average Bonchev–Trinajstić information content (AvgIpc) is 3.28. The normalized spacial score (nSPS) is 19.9. The van der Waals surface area contributed by atoms with Crippen molar-refractivity contribution in [3.05, 3.63) is 42.1 Å².